The Morgan fingerprint density at radius 2 is 1.86 bits per heavy atom. The van der Waals surface area contributed by atoms with E-state index in [0.29, 0.717) is 18.3 Å². The van der Waals surface area contributed by atoms with Crippen molar-refractivity contribution >= 4 is 5.97 Å². The Balaban J connectivity index is 2.30. The first-order valence-corrected chi connectivity index (χ1v) is 5.20. The van der Waals surface area contributed by atoms with Crippen LogP contribution in [0.4, 0.5) is 0 Å². The molecular weight excluding hydrogens is 176 g/mol. The van der Waals surface area contributed by atoms with Crippen LogP contribution in [0.3, 0.4) is 0 Å². The van der Waals surface area contributed by atoms with E-state index in [4.69, 9.17) is 4.74 Å². The number of hydrogen-bond acceptors (Lipinski definition) is 2. The van der Waals surface area contributed by atoms with Crippen molar-refractivity contribution in [3.8, 4) is 0 Å². The molecule has 0 radical (unpaired) electrons. The van der Waals surface area contributed by atoms with Gasteiger partial charge >= 0.3 is 5.97 Å². The van der Waals surface area contributed by atoms with Crippen LogP contribution in [0, 0.1) is 11.8 Å². The summed E-state index contributed by atoms with van der Waals surface area (Å²) in [4.78, 5) is 11.2. The lowest BCUT2D eigenvalue weighted by Gasteiger charge is -2.32. The summed E-state index contributed by atoms with van der Waals surface area (Å²) in [5.41, 5.74) is -0.291. The Morgan fingerprint density at radius 3 is 2.21 bits per heavy atom. The van der Waals surface area contributed by atoms with E-state index in [1.165, 1.54) is 0 Å². The summed E-state index contributed by atoms with van der Waals surface area (Å²) in [7, 11) is 0. The zero-order valence-electron chi connectivity index (χ0n) is 8.37. The molecular formula is C12H16O2. The topological polar surface area (TPSA) is 26.3 Å². The lowest BCUT2D eigenvalue weighted by molar-refractivity contribution is -0.152. The first kappa shape index (κ1) is 9.50. The monoisotopic (exact) mass is 192 g/mol. The van der Waals surface area contributed by atoms with Crippen molar-refractivity contribution in [3.63, 3.8) is 0 Å². The van der Waals surface area contributed by atoms with E-state index in [2.05, 4.69) is 13.2 Å². The fraction of sp³-hybridized carbons (Fsp3) is 0.583. The largest absolute Gasteiger partial charge is 0.458 e. The molecule has 0 unspecified atom stereocenters. The molecule has 0 aromatic rings. The van der Waals surface area contributed by atoms with Crippen molar-refractivity contribution in [1.29, 1.82) is 0 Å². The van der Waals surface area contributed by atoms with E-state index in [9.17, 15) is 4.79 Å². The molecule has 0 aromatic carbocycles. The third-order valence-corrected chi connectivity index (χ3v) is 3.64. The Labute approximate surface area is 84.6 Å². The lowest BCUT2D eigenvalue weighted by atomic mass is 9.82. The van der Waals surface area contributed by atoms with Crippen LogP contribution in [0.15, 0.2) is 25.3 Å². The first-order valence-electron chi connectivity index (χ1n) is 5.20. The summed E-state index contributed by atoms with van der Waals surface area (Å²) in [6.07, 6.45) is 7.37. The molecule has 0 amide bonds. The van der Waals surface area contributed by atoms with E-state index in [1.807, 2.05) is 12.2 Å². The fourth-order valence-corrected chi connectivity index (χ4v) is 2.89. The number of carbonyl (C=O) groups is 1. The number of esters is 1. The van der Waals surface area contributed by atoms with Crippen LogP contribution in [-0.4, -0.2) is 11.6 Å². The van der Waals surface area contributed by atoms with Gasteiger partial charge in [0.25, 0.3) is 0 Å². The minimum absolute atomic E-state index is 0.0643. The van der Waals surface area contributed by atoms with Gasteiger partial charge in [0, 0.05) is 18.3 Å². The molecule has 76 valence electrons. The third kappa shape index (κ3) is 1.13. The molecule has 2 fully saturated rings. The smallest absolute Gasteiger partial charge is 0.306 e. The summed E-state index contributed by atoms with van der Waals surface area (Å²) < 4.78 is 5.54. The molecule has 2 aliphatic rings. The van der Waals surface area contributed by atoms with Gasteiger partial charge in [0.15, 0.2) is 0 Å². The Bertz CT molecular complexity index is 264. The summed E-state index contributed by atoms with van der Waals surface area (Å²) in [5, 5.41) is 0. The predicted molar refractivity (Wildman–Crippen MR) is 54.7 cm³/mol. The highest BCUT2D eigenvalue weighted by Gasteiger charge is 2.53. The molecule has 0 N–H and O–H groups in total. The predicted octanol–water partition coefficient (Wildman–Crippen LogP) is 2.46. The quantitative estimate of drug-likeness (QED) is 0.496. The summed E-state index contributed by atoms with van der Waals surface area (Å²) in [6.45, 7) is 7.66. The van der Waals surface area contributed by atoms with Crippen LogP contribution >= 0.6 is 0 Å². The zero-order chi connectivity index (χ0) is 10.2. The summed E-state index contributed by atoms with van der Waals surface area (Å²) in [5.74, 6) is 0.569. The van der Waals surface area contributed by atoms with Gasteiger partial charge in [-0.25, -0.2) is 0 Å². The van der Waals surface area contributed by atoms with Crippen LogP contribution in [0.25, 0.3) is 0 Å². The van der Waals surface area contributed by atoms with Crippen molar-refractivity contribution in [1.82, 2.24) is 0 Å². The fourth-order valence-electron chi connectivity index (χ4n) is 2.89. The van der Waals surface area contributed by atoms with Gasteiger partial charge in [0.05, 0.1) is 0 Å². The van der Waals surface area contributed by atoms with Crippen molar-refractivity contribution < 1.29 is 9.53 Å². The molecule has 2 nitrogen and oxygen atoms in total. The Hall–Kier alpha value is -1.05. The van der Waals surface area contributed by atoms with Gasteiger partial charge in [-0.2, -0.15) is 0 Å². The van der Waals surface area contributed by atoms with E-state index < -0.39 is 0 Å². The van der Waals surface area contributed by atoms with Crippen molar-refractivity contribution in [2.24, 2.45) is 11.8 Å². The van der Waals surface area contributed by atoms with Crippen LogP contribution in [-0.2, 0) is 9.53 Å². The van der Waals surface area contributed by atoms with Gasteiger partial charge in [-0.1, -0.05) is 12.2 Å². The molecule has 0 bridgehead atoms. The van der Waals surface area contributed by atoms with Crippen molar-refractivity contribution in [2.45, 2.75) is 31.3 Å². The SMILES string of the molecule is C=C[C@@H]1CC[C@@H](C=C)C12CCC(=O)O2. The van der Waals surface area contributed by atoms with Crippen LogP contribution < -0.4 is 0 Å². The maximum atomic E-state index is 11.2. The Kier molecular flexibility index (Phi) is 2.22. The molecule has 1 saturated carbocycles. The average Bonchev–Trinajstić information content (AvgIpc) is 2.72. The molecule has 1 heterocycles. The molecule has 14 heavy (non-hydrogen) atoms. The van der Waals surface area contributed by atoms with Gasteiger partial charge in [0.1, 0.15) is 5.60 Å². The molecule has 1 spiro atoms. The molecule has 1 saturated heterocycles. The van der Waals surface area contributed by atoms with E-state index >= 15 is 0 Å². The molecule has 1 aliphatic heterocycles. The number of ether oxygens (including phenoxy) is 1. The van der Waals surface area contributed by atoms with Gasteiger partial charge in [-0.05, 0) is 19.3 Å². The van der Waals surface area contributed by atoms with Gasteiger partial charge < -0.3 is 4.74 Å². The second-order valence-corrected chi connectivity index (χ2v) is 4.19. The summed E-state index contributed by atoms with van der Waals surface area (Å²) >= 11 is 0. The van der Waals surface area contributed by atoms with Gasteiger partial charge in [-0.15, -0.1) is 13.2 Å². The average molecular weight is 192 g/mol. The highest BCUT2D eigenvalue weighted by atomic mass is 16.6. The van der Waals surface area contributed by atoms with E-state index in [0.717, 1.165) is 19.3 Å². The molecule has 0 aromatic heterocycles. The highest BCUT2D eigenvalue weighted by molar-refractivity contribution is 5.72. The normalized spacial score (nSPS) is 34.4. The minimum atomic E-state index is -0.291. The molecule has 2 rings (SSSR count). The number of hydrogen-bond donors (Lipinski definition) is 0. The number of rotatable bonds is 2. The van der Waals surface area contributed by atoms with E-state index in [1.54, 1.807) is 0 Å². The van der Waals surface area contributed by atoms with Crippen LogP contribution in [0.2, 0.25) is 0 Å². The van der Waals surface area contributed by atoms with E-state index in [-0.39, 0.29) is 11.6 Å². The summed E-state index contributed by atoms with van der Waals surface area (Å²) in [6, 6.07) is 0. The maximum Gasteiger partial charge on any atom is 0.306 e. The van der Waals surface area contributed by atoms with Gasteiger partial charge in [0.2, 0.25) is 0 Å². The second-order valence-electron chi connectivity index (χ2n) is 4.19. The standard InChI is InChI=1S/C12H16O2/c1-3-9-5-6-10(4-2)12(9)8-7-11(13)14-12/h3-4,9-10H,1-2,5-8H2/t9-,10-/m1/s1. The second kappa shape index (κ2) is 3.26. The lowest BCUT2D eigenvalue weighted by Crippen LogP contribution is -2.37. The van der Waals surface area contributed by atoms with Crippen molar-refractivity contribution in [3.05, 3.63) is 25.3 Å². The first-order chi connectivity index (χ1) is 6.73. The third-order valence-electron chi connectivity index (χ3n) is 3.64. The Morgan fingerprint density at radius 1 is 1.29 bits per heavy atom. The maximum absolute atomic E-state index is 11.2. The molecule has 2 atom stereocenters. The van der Waals surface area contributed by atoms with Crippen LogP contribution in [0.1, 0.15) is 25.7 Å². The number of carbonyl (C=O) groups excluding carboxylic acids is 1. The van der Waals surface area contributed by atoms with Crippen molar-refractivity contribution in [2.75, 3.05) is 0 Å². The van der Waals surface area contributed by atoms with Crippen LogP contribution in [0.5, 0.6) is 0 Å². The molecule has 2 heteroatoms. The highest BCUT2D eigenvalue weighted by Crippen LogP contribution is 2.50. The van der Waals surface area contributed by atoms with Gasteiger partial charge in [-0.3, -0.25) is 4.79 Å². The zero-order valence-corrected chi connectivity index (χ0v) is 8.37. The molecule has 1 aliphatic carbocycles. The minimum Gasteiger partial charge on any atom is -0.458 e.